The highest BCUT2D eigenvalue weighted by Gasteiger charge is 2.03. The molecule has 2 aromatic rings. The van der Waals surface area contributed by atoms with Crippen molar-refractivity contribution in [2.45, 2.75) is 33.7 Å². The molecule has 1 N–H and O–H groups in total. The van der Waals surface area contributed by atoms with E-state index in [1.807, 2.05) is 19.1 Å². The van der Waals surface area contributed by atoms with Crippen LogP contribution in [0.4, 0.5) is 5.69 Å². The van der Waals surface area contributed by atoms with E-state index in [-0.39, 0.29) is 0 Å². The molecule has 106 valence electrons. The van der Waals surface area contributed by atoms with E-state index in [2.05, 4.69) is 49.5 Å². The second kappa shape index (κ2) is 6.99. The Balaban J connectivity index is 2.05. The zero-order valence-electron chi connectivity index (χ0n) is 12.6. The Bertz CT molecular complexity index is 546. The molecule has 2 rings (SSSR count). The molecule has 20 heavy (non-hydrogen) atoms. The van der Waals surface area contributed by atoms with Gasteiger partial charge in [-0.2, -0.15) is 0 Å². The molecule has 0 aliphatic heterocycles. The van der Waals surface area contributed by atoms with Gasteiger partial charge in [-0.3, -0.25) is 0 Å². The smallest absolute Gasteiger partial charge is 0.119 e. The van der Waals surface area contributed by atoms with E-state index in [9.17, 15) is 0 Å². The fourth-order valence-electron chi connectivity index (χ4n) is 2.34. The van der Waals surface area contributed by atoms with Crippen LogP contribution in [0.2, 0.25) is 0 Å². The monoisotopic (exact) mass is 269 g/mol. The normalized spacial score (nSPS) is 10.3. The molecule has 0 saturated heterocycles. The first-order valence-electron chi connectivity index (χ1n) is 7.28. The Morgan fingerprint density at radius 3 is 2.40 bits per heavy atom. The van der Waals surface area contributed by atoms with E-state index < -0.39 is 0 Å². The number of aryl methyl sites for hydroxylation is 2. The van der Waals surface area contributed by atoms with E-state index >= 15 is 0 Å². The van der Waals surface area contributed by atoms with Crippen molar-refractivity contribution in [3.05, 3.63) is 59.2 Å². The lowest BCUT2D eigenvalue weighted by Crippen LogP contribution is -2.04. The predicted octanol–water partition coefficient (Wildman–Crippen LogP) is 4.57. The average molecular weight is 269 g/mol. The minimum absolute atomic E-state index is 0.709. The molecule has 0 aromatic heterocycles. The van der Waals surface area contributed by atoms with Crippen molar-refractivity contribution in [3.8, 4) is 5.75 Å². The van der Waals surface area contributed by atoms with E-state index in [1.165, 1.54) is 22.4 Å². The van der Waals surface area contributed by atoms with Crippen molar-refractivity contribution in [1.29, 1.82) is 0 Å². The Morgan fingerprint density at radius 2 is 1.75 bits per heavy atom. The van der Waals surface area contributed by atoms with E-state index in [1.54, 1.807) is 0 Å². The maximum Gasteiger partial charge on any atom is 0.119 e. The SMILES string of the molecule is CCOc1ccc(CNc2c(C)cccc2CC)cc1. The maximum absolute atomic E-state index is 5.46. The minimum Gasteiger partial charge on any atom is -0.494 e. The highest BCUT2D eigenvalue weighted by atomic mass is 16.5. The van der Waals surface area contributed by atoms with E-state index in [0.29, 0.717) is 6.61 Å². The fraction of sp³-hybridized carbons (Fsp3) is 0.333. The summed E-state index contributed by atoms with van der Waals surface area (Å²) < 4.78 is 5.46. The van der Waals surface area contributed by atoms with Crippen LogP contribution >= 0.6 is 0 Å². The molecule has 0 aliphatic carbocycles. The van der Waals surface area contributed by atoms with Crippen molar-refractivity contribution in [2.75, 3.05) is 11.9 Å². The molecule has 0 radical (unpaired) electrons. The van der Waals surface area contributed by atoms with Crippen LogP contribution in [0.1, 0.15) is 30.5 Å². The van der Waals surface area contributed by atoms with Crippen LogP contribution in [0.3, 0.4) is 0 Å². The van der Waals surface area contributed by atoms with Crippen LogP contribution in [0.25, 0.3) is 0 Å². The Hall–Kier alpha value is -1.96. The predicted molar refractivity (Wildman–Crippen MR) is 85.5 cm³/mol. The third-order valence-corrected chi connectivity index (χ3v) is 3.44. The summed E-state index contributed by atoms with van der Waals surface area (Å²) in [6, 6.07) is 14.7. The largest absolute Gasteiger partial charge is 0.494 e. The topological polar surface area (TPSA) is 21.3 Å². The summed E-state index contributed by atoms with van der Waals surface area (Å²) in [5.41, 5.74) is 5.20. The molecule has 0 spiro atoms. The average Bonchev–Trinajstić information content (AvgIpc) is 2.47. The van der Waals surface area contributed by atoms with Crippen LogP contribution in [0, 0.1) is 6.92 Å². The highest BCUT2D eigenvalue weighted by Crippen LogP contribution is 2.22. The van der Waals surface area contributed by atoms with Crippen molar-refractivity contribution >= 4 is 5.69 Å². The van der Waals surface area contributed by atoms with Gasteiger partial charge in [-0.15, -0.1) is 0 Å². The van der Waals surface area contributed by atoms with Gasteiger partial charge in [0.15, 0.2) is 0 Å². The Kier molecular flexibility index (Phi) is 5.05. The molecule has 0 aliphatic rings. The molecule has 0 bridgehead atoms. The van der Waals surface area contributed by atoms with Crippen molar-refractivity contribution in [1.82, 2.24) is 0 Å². The Labute approximate surface area is 121 Å². The molecule has 0 atom stereocenters. The van der Waals surface area contributed by atoms with Crippen molar-refractivity contribution < 1.29 is 4.74 Å². The van der Waals surface area contributed by atoms with Gasteiger partial charge in [0.1, 0.15) is 5.75 Å². The van der Waals surface area contributed by atoms with Gasteiger partial charge in [0.05, 0.1) is 6.61 Å². The van der Waals surface area contributed by atoms with Gasteiger partial charge in [-0.25, -0.2) is 0 Å². The summed E-state index contributed by atoms with van der Waals surface area (Å²) >= 11 is 0. The number of benzene rings is 2. The number of para-hydroxylation sites is 1. The molecular weight excluding hydrogens is 246 g/mol. The summed E-state index contributed by atoms with van der Waals surface area (Å²) in [7, 11) is 0. The number of nitrogens with one attached hydrogen (secondary N) is 1. The second-order valence-electron chi connectivity index (χ2n) is 4.89. The number of rotatable bonds is 6. The fourth-order valence-corrected chi connectivity index (χ4v) is 2.34. The minimum atomic E-state index is 0.709. The van der Waals surface area contributed by atoms with Crippen LogP contribution in [0.5, 0.6) is 5.75 Å². The molecule has 0 amide bonds. The first-order valence-corrected chi connectivity index (χ1v) is 7.28. The lowest BCUT2D eigenvalue weighted by molar-refractivity contribution is 0.340. The van der Waals surface area contributed by atoms with Crippen LogP contribution in [-0.4, -0.2) is 6.61 Å². The van der Waals surface area contributed by atoms with Gasteiger partial charge in [0, 0.05) is 12.2 Å². The first kappa shape index (κ1) is 14.4. The first-order chi connectivity index (χ1) is 9.74. The van der Waals surface area contributed by atoms with E-state index in [4.69, 9.17) is 4.74 Å². The van der Waals surface area contributed by atoms with Gasteiger partial charge in [0.2, 0.25) is 0 Å². The van der Waals surface area contributed by atoms with Crippen LogP contribution in [0.15, 0.2) is 42.5 Å². The summed E-state index contributed by atoms with van der Waals surface area (Å²) in [6.45, 7) is 7.89. The molecule has 0 fully saturated rings. The second-order valence-corrected chi connectivity index (χ2v) is 4.89. The summed E-state index contributed by atoms with van der Waals surface area (Å²) in [5, 5.41) is 3.56. The molecule has 2 aromatic carbocycles. The third-order valence-electron chi connectivity index (χ3n) is 3.44. The summed E-state index contributed by atoms with van der Waals surface area (Å²) in [6.07, 6.45) is 1.05. The van der Waals surface area contributed by atoms with Gasteiger partial charge in [0.25, 0.3) is 0 Å². The summed E-state index contributed by atoms with van der Waals surface area (Å²) in [4.78, 5) is 0. The lowest BCUT2D eigenvalue weighted by Gasteiger charge is -2.14. The quantitative estimate of drug-likeness (QED) is 0.829. The highest BCUT2D eigenvalue weighted by molar-refractivity contribution is 5.57. The molecular formula is C18H23NO. The Morgan fingerprint density at radius 1 is 1.00 bits per heavy atom. The van der Waals surface area contributed by atoms with Crippen LogP contribution in [-0.2, 0) is 13.0 Å². The zero-order valence-corrected chi connectivity index (χ0v) is 12.6. The molecule has 0 unspecified atom stereocenters. The van der Waals surface area contributed by atoms with Crippen molar-refractivity contribution in [3.63, 3.8) is 0 Å². The summed E-state index contributed by atoms with van der Waals surface area (Å²) in [5.74, 6) is 0.932. The molecule has 2 nitrogen and oxygen atoms in total. The molecule has 0 heterocycles. The number of hydrogen-bond acceptors (Lipinski definition) is 2. The molecule has 0 saturated carbocycles. The van der Waals surface area contributed by atoms with Crippen LogP contribution < -0.4 is 10.1 Å². The van der Waals surface area contributed by atoms with Crippen molar-refractivity contribution in [2.24, 2.45) is 0 Å². The third kappa shape index (κ3) is 3.53. The maximum atomic E-state index is 5.46. The zero-order chi connectivity index (χ0) is 14.4. The number of hydrogen-bond donors (Lipinski definition) is 1. The van der Waals surface area contributed by atoms with Gasteiger partial charge >= 0.3 is 0 Å². The van der Waals surface area contributed by atoms with E-state index in [0.717, 1.165) is 18.7 Å². The number of anilines is 1. The lowest BCUT2D eigenvalue weighted by atomic mass is 10.1. The standard InChI is InChI=1S/C18H23NO/c1-4-16-8-6-7-14(3)18(16)19-13-15-9-11-17(12-10-15)20-5-2/h6-12,19H,4-5,13H2,1-3H3. The van der Waals surface area contributed by atoms with Gasteiger partial charge in [-0.05, 0) is 49.1 Å². The van der Waals surface area contributed by atoms with Gasteiger partial charge < -0.3 is 10.1 Å². The van der Waals surface area contributed by atoms with Gasteiger partial charge in [-0.1, -0.05) is 37.3 Å². The number of ether oxygens (including phenoxy) is 1. The molecule has 2 heteroatoms.